The molecule has 1 rings (SSSR count). The quantitative estimate of drug-likeness (QED) is 0.424. The fourth-order valence-electron chi connectivity index (χ4n) is 1.43. The van der Waals surface area contributed by atoms with E-state index >= 15 is 0 Å². The molecule has 0 bridgehead atoms. The van der Waals surface area contributed by atoms with Crippen LogP contribution in [0.5, 0.6) is 0 Å². The molecule has 21 heavy (non-hydrogen) atoms. The summed E-state index contributed by atoms with van der Waals surface area (Å²) >= 11 is 0. The fraction of sp³-hybridized carbons (Fsp3) is 0.417. The number of carbonyl (C=O) groups excluding carboxylic acids is 1. The molecule has 0 radical (unpaired) electrons. The Kier molecular flexibility index (Phi) is 5.79. The Balaban J connectivity index is 2.75. The number of sulfonamides is 1. The summed E-state index contributed by atoms with van der Waals surface area (Å²) in [6.07, 6.45) is 0.221. The zero-order valence-electron chi connectivity index (χ0n) is 11.7. The van der Waals surface area contributed by atoms with Crippen molar-refractivity contribution in [1.29, 1.82) is 0 Å². The Hall–Kier alpha value is -2.00. The van der Waals surface area contributed by atoms with Crippen LogP contribution in [-0.4, -0.2) is 43.8 Å². The normalized spacial score (nSPS) is 11.4. The van der Waals surface area contributed by atoms with Gasteiger partial charge >= 0.3 is 5.97 Å². The van der Waals surface area contributed by atoms with Gasteiger partial charge in [-0.25, -0.2) is 8.42 Å². The van der Waals surface area contributed by atoms with Crippen LogP contribution in [-0.2, 0) is 19.6 Å². The third-order valence-electron chi connectivity index (χ3n) is 2.71. The molecule has 0 saturated heterocycles. The van der Waals surface area contributed by atoms with Gasteiger partial charge in [-0.05, 0) is 12.1 Å². The first kappa shape index (κ1) is 17.1. The second-order valence-electron chi connectivity index (χ2n) is 4.15. The molecule has 1 aromatic carbocycles. The van der Waals surface area contributed by atoms with E-state index in [1.54, 1.807) is 6.92 Å². The van der Waals surface area contributed by atoms with Gasteiger partial charge in [-0.1, -0.05) is 6.92 Å². The molecule has 0 atom stereocenters. The summed E-state index contributed by atoms with van der Waals surface area (Å²) < 4.78 is 30.2. The maximum absolute atomic E-state index is 12.2. The van der Waals surface area contributed by atoms with E-state index in [1.165, 1.54) is 19.2 Å². The first-order valence-electron chi connectivity index (χ1n) is 6.15. The van der Waals surface area contributed by atoms with E-state index in [9.17, 15) is 23.3 Å². The lowest BCUT2D eigenvalue weighted by Gasteiger charge is -2.16. The summed E-state index contributed by atoms with van der Waals surface area (Å²) in [5.41, 5.74) is -0.187. The number of carbonyl (C=O) groups is 1. The number of likely N-dealkylation sites (N-methyl/N-ethyl adjacent to an activating group) is 1. The number of hydrogen-bond acceptors (Lipinski definition) is 6. The van der Waals surface area contributed by atoms with Gasteiger partial charge in [0.1, 0.15) is 6.61 Å². The molecular weight excluding hydrogens is 300 g/mol. The largest absolute Gasteiger partial charge is 0.464 e. The van der Waals surface area contributed by atoms with Crippen molar-refractivity contribution in [2.75, 3.05) is 20.2 Å². The van der Waals surface area contributed by atoms with Crippen LogP contribution in [0.15, 0.2) is 29.2 Å². The first-order chi connectivity index (χ1) is 9.78. The molecule has 0 amide bonds. The average molecular weight is 316 g/mol. The molecule has 116 valence electrons. The lowest BCUT2D eigenvalue weighted by molar-refractivity contribution is -0.384. The Morgan fingerprint density at radius 3 is 2.38 bits per heavy atom. The standard InChI is InChI=1S/C12H16N2O6S/c1-3-12(15)20-9-8-13(2)21(18,19)11-6-4-10(5-7-11)14(16)17/h4-7H,3,8-9H2,1-2H3. The SMILES string of the molecule is CCC(=O)OCCN(C)S(=O)(=O)c1ccc([N+](=O)[O-])cc1. The first-order valence-corrected chi connectivity index (χ1v) is 7.59. The number of non-ortho nitro benzene ring substituents is 1. The number of esters is 1. The maximum atomic E-state index is 12.2. The molecule has 8 nitrogen and oxygen atoms in total. The molecule has 0 heterocycles. The van der Waals surface area contributed by atoms with E-state index in [0.29, 0.717) is 0 Å². The zero-order valence-corrected chi connectivity index (χ0v) is 12.5. The van der Waals surface area contributed by atoms with Gasteiger partial charge in [0.25, 0.3) is 5.69 Å². The van der Waals surface area contributed by atoms with E-state index in [0.717, 1.165) is 16.4 Å². The topological polar surface area (TPSA) is 107 Å². The van der Waals surface area contributed by atoms with Crippen LogP contribution in [0.1, 0.15) is 13.3 Å². The van der Waals surface area contributed by atoms with Crippen molar-refractivity contribution in [3.63, 3.8) is 0 Å². The molecule has 0 aliphatic heterocycles. The van der Waals surface area contributed by atoms with Crippen LogP contribution < -0.4 is 0 Å². The van der Waals surface area contributed by atoms with Crippen LogP contribution in [0.2, 0.25) is 0 Å². The van der Waals surface area contributed by atoms with Crippen molar-refractivity contribution in [2.24, 2.45) is 0 Å². The van der Waals surface area contributed by atoms with Crippen molar-refractivity contribution >= 4 is 21.7 Å². The summed E-state index contributed by atoms with van der Waals surface area (Å²) in [7, 11) is -2.42. The number of hydrogen-bond donors (Lipinski definition) is 0. The summed E-state index contributed by atoms with van der Waals surface area (Å²) in [4.78, 5) is 20.8. The summed E-state index contributed by atoms with van der Waals surface area (Å²) in [5.74, 6) is -0.406. The molecule has 0 saturated carbocycles. The van der Waals surface area contributed by atoms with E-state index in [1.807, 2.05) is 0 Å². The van der Waals surface area contributed by atoms with Crippen molar-refractivity contribution in [3.05, 3.63) is 34.4 Å². The second kappa shape index (κ2) is 7.14. The molecule has 0 aromatic heterocycles. The average Bonchev–Trinajstić information content (AvgIpc) is 2.46. The molecule has 0 spiro atoms. The Bertz CT molecular complexity index is 611. The van der Waals surface area contributed by atoms with Gasteiger partial charge in [0.2, 0.25) is 10.0 Å². The minimum Gasteiger partial charge on any atom is -0.464 e. The van der Waals surface area contributed by atoms with E-state index in [4.69, 9.17) is 4.74 Å². The number of benzene rings is 1. The molecule has 0 fully saturated rings. The Labute approximate surface area is 122 Å². The van der Waals surface area contributed by atoms with E-state index < -0.39 is 20.9 Å². The summed E-state index contributed by atoms with van der Waals surface area (Å²) in [6.45, 7) is 1.60. The molecular formula is C12H16N2O6S. The molecule has 0 aliphatic rings. The molecule has 9 heteroatoms. The zero-order chi connectivity index (χ0) is 16.0. The lowest BCUT2D eigenvalue weighted by Crippen LogP contribution is -2.30. The van der Waals surface area contributed by atoms with Gasteiger partial charge in [-0.2, -0.15) is 4.31 Å². The highest BCUT2D eigenvalue weighted by Gasteiger charge is 2.21. The minimum absolute atomic E-state index is 0.00502. The number of rotatable bonds is 7. The minimum atomic E-state index is -3.77. The molecule has 0 aliphatic carbocycles. The van der Waals surface area contributed by atoms with Crippen molar-refractivity contribution < 1.29 is 22.9 Å². The van der Waals surface area contributed by atoms with Crippen LogP contribution in [0.4, 0.5) is 5.69 Å². The highest BCUT2D eigenvalue weighted by atomic mass is 32.2. The highest BCUT2D eigenvalue weighted by molar-refractivity contribution is 7.89. The van der Waals surface area contributed by atoms with Crippen molar-refractivity contribution in [3.8, 4) is 0 Å². The highest BCUT2D eigenvalue weighted by Crippen LogP contribution is 2.18. The summed E-state index contributed by atoms with van der Waals surface area (Å²) in [5, 5.41) is 10.5. The van der Waals surface area contributed by atoms with Crippen LogP contribution in [0.3, 0.4) is 0 Å². The van der Waals surface area contributed by atoms with Crippen LogP contribution >= 0.6 is 0 Å². The van der Waals surface area contributed by atoms with Crippen molar-refractivity contribution in [1.82, 2.24) is 4.31 Å². The number of nitro benzene ring substituents is 1. The fourth-order valence-corrected chi connectivity index (χ4v) is 2.58. The monoisotopic (exact) mass is 316 g/mol. The van der Waals surface area contributed by atoms with Gasteiger partial charge in [0.05, 0.1) is 9.82 Å². The van der Waals surface area contributed by atoms with Gasteiger partial charge in [-0.3, -0.25) is 14.9 Å². The second-order valence-corrected chi connectivity index (χ2v) is 6.20. The summed E-state index contributed by atoms with van der Waals surface area (Å²) in [6, 6.07) is 4.58. The van der Waals surface area contributed by atoms with E-state index in [2.05, 4.69) is 0 Å². The Morgan fingerprint density at radius 2 is 1.90 bits per heavy atom. The predicted octanol–water partition coefficient (Wildman–Crippen LogP) is 1.17. The maximum Gasteiger partial charge on any atom is 0.305 e. The van der Waals surface area contributed by atoms with Gasteiger partial charge in [0, 0.05) is 32.1 Å². The van der Waals surface area contributed by atoms with E-state index in [-0.39, 0.29) is 30.2 Å². The molecule has 0 unspecified atom stereocenters. The number of ether oxygens (including phenoxy) is 1. The molecule has 0 N–H and O–H groups in total. The number of nitro groups is 1. The van der Waals surface area contributed by atoms with Gasteiger partial charge < -0.3 is 4.74 Å². The van der Waals surface area contributed by atoms with Gasteiger partial charge in [0.15, 0.2) is 0 Å². The predicted molar refractivity (Wildman–Crippen MR) is 74.2 cm³/mol. The van der Waals surface area contributed by atoms with Crippen molar-refractivity contribution in [2.45, 2.75) is 18.2 Å². The smallest absolute Gasteiger partial charge is 0.305 e. The van der Waals surface area contributed by atoms with Gasteiger partial charge in [-0.15, -0.1) is 0 Å². The van der Waals surface area contributed by atoms with Crippen LogP contribution in [0, 0.1) is 10.1 Å². The number of nitrogens with zero attached hydrogens (tertiary/aromatic N) is 2. The lowest BCUT2D eigenvalue weighted by atomic mass is 10.3. The Morgan fingerprint density at radius 1 is 1.33 bits per heavy atom. The molecule has 1 aromatic rings. The third-order valence-corrected chi connectivity index (χ3v) is 4.58. The van der Waals surface area contributed by atoms with Crippen LogP contribution in [0.25, 0.3) is 0 Å². The third kappa shape index (κ3) is 4.50.